The number of carbonyl (C=O) groups excluding carboxylic acids is 1. The molecule has 0 aliphatic heterocycles. The van der Waals surface area contributed by atoms with Crippen LogP contribution in [0.2, 0.25) is 5.02 Å². The number of rotatable bonds is 8. The van der Waals surface area contributed by atoms with Gasteiger partial charge < -0.3 is 15.5 Å². The highest BCUT2D eigenvalue weighted by atomic mass is 127. The normalized spacial score (nSPS) is 10.8. The van der Waals surface area contributed by atoms with E-state index in [1.54, 1.807) is 18.1 Å². The van der Waals surface area contributed by atoms with E-state index in [4.69, 9.17) is 11.6 Å². The summed E-state index contributed by atoms with van der Waals surface area (Å²) >= 11 is 6.16. The quantitative estimate of drug-likeness (QED) is 0.322. The second kappa shape index (κ2) is 13.3. The first kappa shape index (κ1) is 24.2. The number of amides is 1. The maximum Gasteiger partial charge on any atom is 0.241 e. The highest BCUT2D eigenvalue weighted by Crippen LogP contribution is 2.15. The van der Waals surface area contributed by atoms with Crippen molar-refractivity contribution in [1.82, 2.24) is 20.5 Å². The van der Waals surface area contributed by atoms with Gasteiger partial charge in [0.1, 0.15) is 0 Å². The predicted octanol–water partition coefficient (Wildman–Crippen LogP) is 3.11. The van der Waals surface area contributed by atoms with Crippen molar-refractivity contribution < 1.29 is 4.79 Å². The minimum atomic E-state index is -0.00530. The van der Waals surface area contributed by atoms with E-state index in [0.29, 0.717) is 30.6 Å². The Balaban J connectivity index is 0.00000392. The number of hydrogen-bond acceptors (Lipinski definition) is 3. The zero-order chi connectivity index (χ0) is 19.5. The Morgan fingerprint density at radius 3 is 2.61 bits per heavy atom. The maximum atomic E-state index is 12.3. The summed E-state index contributed by atoms with van der Waals surface area (Å²) in [6.07, 6.45) is 2.49. The molecule has 28 heavy (non-hydrogen) atoms. The fourth-order valence-electron chi connectivity index (χ4n) is 2.38. The molecule has 2 rings (SSSR count). The molecule has 0 saturated heterocycles. The fourth-order valence-corrected chi connectivity index (χ4v) is 2.58. The van der Waals surface area contributed by atoms with Crippen molar-refractivity contribution in [2.45, 2.75) is 19.9 Å². The Labute approximate surface area is 188 Å². The molecule has 1 amide bonds. The van der Waals surface area contributed by atoms with Gasteiger partial charge >= 0.3 is 0 Å². The predicted molar refractivity (Wildman–Crippen MR) is 125 cm³/mol. The summed E-state index contributed by atoms with van der Waals surface area (Å²) in [6, 6.07) is 13.4. The minimum absolute atomic E-state index is 0. The van der Waals surface area contributed by atoms with Crippen LogP contribution in [0.5, 0.6) is 0 Å². The molecule has 8 heteroatoms. The Hall–Kier alpha value is -1.87. The van der Waals surface area contributed by atoms with E-state index in [0.717, 1.165) is 17.7 Å². The van der Waals surface area contributed by atoms with Crippen LogP contribution in [-0.2, 0) is 17.8 Å². The number of likely N-dealkylation sites (N-methyl/N-ethyl adjacent to an activating group) is 1. The molecule has 0 atom stereocenters. The summed E-state index contributed by atoms with van der Waals surface area (Å²) in [5, 5.41) is 6.90. The van der Waals surface area contributed by atoms with E-state index in [9.17, 15) is 4.79 Å². The number of halogens is 2. The molecule has 0 unspecified atom stereocenters. The van der Waals surface area contributed by atoms with Crippen LogP contribution >= 0.6 is 35.6 Å². The van der Waals surface area contributed by atoms with Crippen LogP contribution in [0.15, 0.2) is 53.7 Å². The van der Waals surface area contributed by atoms with Gasteiger partial charge in [-0.15, -0.1) is 24.0 Å². The van der Waals surface area contributed by atoms with Crippen molar-refractivity contribution in [2.24, 2.45) is 4.99 Å². The van der Waals surface area contributed by atoms with Crippen molar-refractivity contribution in [2.75, 3.05) is 26.7 Å². The van der Waals surface area contributed by atoms with Gasteiger partial charge in [-0.1, -0.05) is 35.9 Å². The van der Waals surface area contributed by atoms with Crippen LogP contribution in [0.1, 0.15) is 18.2 Å². The Morgan fingerprint density at radius 2 is 1.93 bits per heavy atom. The number of guanidine groups is 1. The van der Waals surface area contributed by atoms with Crippen molar-refractivity contribution in [1.29, 1.82) is 0 Å². The lowest BCUT2D eigenvalue weighted by molar-refractivity contribution is -0.128. The molecule has 0 aliphatic carbocycles. The third-order valence-corrected chi connectivity index (χ3v) is 4.34. The number of pyridine rings is 1. The summed E-state index contributed by atoms with van der Waals surface area (Å²) in [4.78, 5) is 22.8. The molecular weight excluding hydrogens is 489 g/mol. The van der Waals surface area contributed by atoms with Gasteiger partial charge in [-0.05, 0) is 30.7 Å². The topological polar surface area (TPSA) is 69.6 Å². The monoisotopic (exact) mass is 515 g/mol. The van der Waals surface area contributed by atoms with Gasteiger partial charge in [0.15, 0.2) is 5.96 Å². The number of nitrogens with zero attached hydrogens (tertiary/aromatic N) is 3. The van der Waals surface area contributed by atoms with Gasteiger partial charge in [-0.25, -0.2) is 4.99 Å². The average molecular weight is 516 g/mol. The van der Waals surface area contributed by atoms with Gasteiger partial charge in [-0.2, -0.15) is 0 Å². The fraction of sp³-hybridized carbons (Fsp3) is 0.350. The molecular formula is C20H27ClIN5O. The Morgan fingerprint density at radius 1 is 1.18 bits per heavy atom. The van der Waals surface area contributed by atoms with Gasteiger partial charge in [0.25, 0.3) is 0 Å². The number of nitrogens with one attached hydrogen (secondary N) is 2. The summed E-state index contributed by atoms with van der Waals surface area (Å²) in [6.45, 7) is 3.92. The molecule has 0 spiro atoms. The lowest BCUT2D eigenvalue weighted by atomic mass is 10.2. The second-order valence-electron chi connectivity index (χ2n) is 6.03. The third-order valence-electron chi connectivity index (χ3n) is 3.97. The largest absolute Gasteiger partial charge is 0.357 e. The molecule has 0 saturated carbocycles. The van der Waals surface area contributed by atoms with Crippen molar-refractivity contribution >= 4 is 47.4 Å². The molecule has 0 fully saturated rings. The molecule has 6 nitrogen and oxygen atoms in total. The molecule has 1 aromatic heterocycles. The van der Waals surface area contributed by atoms with Gasteiger partial charge in [0, 0.05) is 43.5 Å². The summed E-state index contributed by atoms with van der Waals surface area (Å²) in [5.74, 6) is 0.582. The standard InChI is InChI=1S/C20H26ClN5O.HI/c1-3-22-20(24-14-16-8-4-5-10-18(16)21)25-15-19(27)26(2)13-11-17-9-6-7-12-23-17;/h4-10,12H,3,11,13-15H2,1-2H3,(H2,22,24,25);1H. The first-order valence-electron chi connectivity index (χ1n) is 8.99. The van der Waals surface area contributed by atoms with Crippen LogP contribution in [0.3, 0.4) is 0 Å². The lowest BCUT2D eigenvalue weighted by Crippen LogP contribution is -2.44. The molecule has 1 heterocycles. The van der Waals surface area contributed by atoms with Crippen LogP contribution in [0.4, 0.5) is 0 Å². The summed E-state index contributed by atoms with van der Waals surface area (Å²) < 4.78 is 0. The minimum Gasteiger partial charge on any atom is -0.357 e. The molecule has 152 valence electrons. The highest BCUT2D eigenvalue weighted by molar-refractivity contribution is 14.0. The van der Waals surface area contributed by atoms with E-state index in [-0.39, 0.29) is 36.4 Å². The van der Waals surface area contributed by atoms with Crippen LogP contribution in [0.25, 0.3) is 0 Å². The number of benzene rings is 1. The Bertz CT molecular complexity index is 757. The molecule has 2 N–H and O–H groups in total. The van der Waals surface area contributed by atoms with E-state index in [2.05, 4.69) is 20.6 Å². The SMILES string of the molecule is CCNC(=NCc1ccccc1Cl)NCC(=O)N(C)CCc1ccccn1.I. The molecule has 0 radical (unpaired) electrons. The summed E-state index contributed by atoms with van der Waals surface area (Å²) in [5.41, 5.74) is 1.91. The number of carbonyl (C=O) groups is 1. The zero-order valence-corrected chi connectivity index (χ0v) is 19.3. The third kappa shape index (κ3) is 8.43. The summed E-state index contributed by atoms with van der Waals surface area (Å²) in [7, 11) is 1.79. The average Bonchev–Trinajstić information content (AvgIpc) is 2.69. The van der Waals surface area contributed by atoms with Gasteiger partial charge in [-0.3, -0.25) is 9.78 Å². The van der Waals surface area contributed by atoms with Crippen molar-refractivity contribution in [3.63, 3.8) is 0 Å². The van der Waals surface area contributed by atoms with Crippen molar-refractivity contribution in [3.8, 4) is 0 Å². The first-order valence-corrected chi connectivity index (χ1v) is 9.37. The molecule has 0 aliphatic rings. The van der Waals surface area contributed by atoms with E-state index >= 15 is 0 Å². The van der Waals surface area contributed by atoms with E-state index in [1.165, 1.54) is 0 Å². The number of hydrogen-bond donors (Lipinski definition) is 2. The molecule has 1 aromatic carbocycles. The lowest BCUT2D eigenvalue weighted by Gasteiger charge is -2.18. The van der Waals surface area contributed by atoms with Gasteiger partial charge in [0.05, 0.1) is 13.1 Å². The van der Waals surface area contributed by atoms with Crippen LogP contribution < -0.4 is 10.6 Å². The van der Waals surface area contributed by atoms with Gasteiger partial charge in [0.2, 0.25) is 5.91 Å². The number of aromatic nitrogens is 1. The van der Waals surface area contributed by atoms with Crippen molar-refractivity contribution in [3.05, 3.63) is 64.9 Å². The zero-order valence-electron chi connectivity index (χ0n) is 16.2. The van der Waals surface area contributed by atoms with Crippen LogP contribution in [-0.4, -0.2) is 48.4 Å². The number of aliphatic imine (C=N–C) groups is 1. The molecule has 0 bridgehead atoms. The van der Waals surface area contributed by atoms with E-state index < -0.39 is 0 Å². The highest BCUT2D eigenvalue weighted by Gasteiger charge is 2.10. The molecule has 2 aromatic rings. The maximum absolute atomic E-state index is 12.3. The second-order valence-corrected chi connectivity index (χ2v) is 6.43. The Kier molecular flexibility index (Phi) is 11.5. The smallest absolute Gasteiger partial charge is 0.241 e. The van der Waals surface area contributed by atoms with E-state index in [1.807, 2.05) is 49.4 Å². The first-order chi connectivity index (χ1) is 13.1. The van der Waals surface area contributed by atoms with Crippen LogP contribution in [0, 0.1) is 0 Å².